The smallest absolute Gasteiger partial charge is 0.227 e. The molecule has 1 unspecified atom stereocenters. The SMILES string of the molecule is COc1ccc(OC)c(N2CC(c3nc4ccccc4n3CCOc3ccc(Cl)c(C)c3)CC2=O)c1. The zero-order chi connectivity index (χ0) is 25.2. The van der Waals surface area contributed by atoms with E-state index in [1.165, 1.54) is 0 Å². The predicted octanol–water partition coefficient (Wildman–Crippen LogP) is 5.61. The van der Waals surface area contributed by atoms with Crippen LogP contribution in [0.1, 0.15) is 23.7 Å². The van der Waals surface area contributed by atoms with E-state index in [4.69, 9.17) is 30.8 Å². The number of hydrogen-bond acceptors (Lipinski definition) is 5. The second-order valence-electron chi connectivity index (χ2n) is 8.81. The number of methoxy groups -OCH3 is 2. The Kier molecular flexibility index (Phi) is 6.74. The van der Waals surface area contributed by atoms with Gasteiger partial charge in [-0.25, -0.2) is 4.98 Å². The van der Waals surface area contributed by atoms with Gasteiger partial charge in [-0.05, 0) is 55.0 Å². The standard InChI is InChI=1S/C28H28ClN3O4/c1-18-14-21(8-10-22(18)29)36-13-12-31-24-7-5-4-6-23(24)30-28(31)19-15-27(33)32(17-19)25-16-20(34-2)9-11-26(25)35-3/h4-11,14,16,19H,12-13,15,17H2,1-3H3. The number of carbonyl (C=O) groups excluding carboxylic acids is 1. The Morgan fingerprint density at radius 3 is 2.61 bits per heavy atom. The first-order chi connectivity index (χ1) is 17.5. The fraction of sp³-hybridized carbons (Fsp3) is 0.286. The van der Waals surface area contributed by atoms with Gasteiger partial charge >= 0.3 is 0 Å². The molecule has 4 aromatic rings. The summed E-state index contributed by atoms with van der Waals surface area (Å²) < 4.78 is 19.1. The lowest BCUT2D eigenvalue weighted by atomic mass is 10.1. The molecule has 36 heavy (non-hydrogen) atoms. The summed E-state index contributed by atoms with van der Waals surface area (Å²) >= 11 is 6.14. The number of anilines is 1. The molecule has 1 saturated heterocycles. The topological polar surface area (TPSA) is 65.8 Å². The van der Waals surface area contributed by atoms with Crippen LogP contribution in [-0.2, 0) is 11.3 Å². The Hall–Kier alpha value is -3.71. The molecule has 0 saturated carbocycles. The first kappa shape index (κ1) is 24.0. The van der Waals surface area contributed by atoms with Gasteiger partial charge in [0.25, 0.3) is 0 Å². The van der Waals surface area contributed by atoms with Gasteiger partial charge in [-0.3, -0.25) is 4.79 Å². The van der Waals surface area contributed by atoms with Crippen LogP contribution in [0.2, 0.25) is 5.02 Å². The van der Waals surface area contributed by atoms with Crippen molar-refractivity contribution in [3.05, 3.63) is 77.1 Å². The van der Waals surface area contributed by atoms with Crippen molar-refractivity contribution in [1.82, 2.24) is 9.55 Å². The minimum Gasteiger partial charge on any atom is -0.497 e. The summed E-state index contributed by atoms with van der Waals surface area (Å²) in [5.74, 6) is 2.91. The Bertz CT molecular complexity index is 1420. The normalized spacial score (nSPS) is 15.5. The number of nitrogens with zero attached hydrogens (tertiary/aromatic N) is 3. The molecule has 1 aromatic heterocycles. The van der Waals surface area contributed by atoms with E-state index in [-0.39, 0.29) is 11.8 Å². The zero-order valence-corrected chi connectivity index (χ0v) is 21.3. The number of aryl methyl sites for hydroxylation is 1. The maximum atomic E-state index is 13.2. The summed E-state index contributed by atoms with van der Waals surface area (Å²) in [5.41, 5.74) is 3.60. The van der Waals surface area contributed by atoms with Crippen molar-refractivity contribution in [1.29, 1.82) is 0 Å². The average Bonchev–Trinajstić information content (AvgIpc) is 3.46. The van der Waals surface area contributed by atoms with Gasteiger partial charge in [0.2, 0.25) is 5.91 Å². The molecule has 1 aliphatic heterocycles. The maximum Gasteiger partial charge on any atom is 0.227 e. The second-order valence-corrected chi connectivity index (χ2v) is 9.22. The van der Waals surface area contributed by atoms with Gasteiger partial charge in [0.1, 0.15) is 29.7 Å². The third kappa shape index (κ3) is 4.58. The van der Waals surface area contributed by atoms with Crippen molar-refractivity contribution in [2.45, 2.75) is 25.8 Å². The van der Waals surface area contributed by atoms with E-state index in [0.717, 1.165) is 28.2 Å². The highest BCUT2D eigenvalue weighted by Gasteiger charge is 2.36. The number of amides is 1. The Morgan fingerprint density at radius 1 is 1.03 bits per heavy atom. The lowest BCUT2D eigenvalue weighted by molar-refractivity contribution is -0.117. The first-order valence-corrected chi connectivity index (χ1v) is 12.2. The van der Waals surface area contributed by atoms with E-state index in [9.17, 15) is 4.79 Å². The molecular formula is C28H28ClN3O4. The van der Waals surface area contributed by atoms with Gasteiger partial charge in [0.15, 0.2) is 0 Å². The van der Waals surface area contributed by atoms with Gasteiger partial charge in [0, 0.05) is 30.0 Å². The van der Waals surface area contributed by atoms with E-state index < -0.39 is 0 Å². The van der Waals surface area contributed by atoms with Gasteiger partial charge in [-0.1, -0.05) is 23.7 Å². The molecule has 1 aliphatic rings. The summed E-state index contributed by atoms with van der Waals surface area (Å²) in [4.78, 5) is 19.9. The average molecular weight is 506 g/mol. The molecule has 0 spiro atoms. The Balaban J connectivity index is 1.41. The fourth-order valence-electron chi connectivity index (χ4n) is 4.72. The van der Waals surface area contributed by atoms with Crippen LogP contribution in [0.5, 0.6) is 17.2 Å². The Morgan fingerprint density at radius 2 is 1.83 bits per heavy atom. The summed E-state index contributed by atoms with van der Waals surface area (Å²) in [5, 5.41) is 0.716. The zero-order valence-electron chi connectivity index (χ0n) is 20.5. The van der Waals surface area contributed by atoms with Gasteiger partial charge in [0.05, 0.1) is 37.5 Å². The monoisotopic (exact) mass is 505 g/mol. The minimum atomic E-state index is -0.0708. The number of imidazole rings is 1. The van der Waals surface area contributed by atoms with Crippen molar-refractivity contribution >= 4 is 34.2 Å². The number of para-hydroxylation sites is 2. The number of fused-ring (bicyclic) bond motifs is 1. The van der Waals surface area contributed by atoms with E-state index >= 15 is 0 Å². The molecule has 1 atom stereocenters. The van der Waals surface area contributed by atoms with Gasteiger partial charge in [-0.2, -0.15) is 0 Å². The van der Waals surface area contributed by atoms with E-state index in [1.807, 2.05) is 61.5 Å². The van der Waals surface area contributed by atoms with Crippen molar-refractivity contribution < 1.29 is 19.0 Å². The summed E-state index contributed by atoms with van der Waals surface area (Å²) in [6, 6.07) is 19.2. The lowest BCUT2D eigenvalue weighted by Gasteiger charge is -2.20. The third-order valence-corrected chi connectivity index (χ3v) is 6.99. The molecule has 7 nitrogen and oxygen atoms in total. The molecule has 1 fully saturated rings. The molecule has 0 bridgehead atoms. The number of carbonyl (C=O) groups is 1. The van der Waals surface area contributed by atoms with E-state index in [0.29, 0.717) is 48.3 Å². The third-order valence-electron chi connectivity index (χ3n) is 6.56. The number of aromatic nitrogens is 2. The summed E-state index contributed by atoms with van der Waals surface area (Å²) in [6.07, 6.45) is 0.362. The molecule has 0 aliphatic carbocycles. The minimum absolute atomic E-state index is 0.0260. The summed E-state index contributed by atoms with van der Waals surface area (Å²) in [7, 11) is 3.21. The van der Waals surface area contributed by atoms with E-state index in [2.05, 4.69) is 10.6 Å². The van der Waals surface area contributed by atoms with Crippen LogP contribution in [0.25, 0.3) is 11.0 Å². The van der Waals surface area contributed by atoms with Crippen LogP contribution < -0.4 is 19.1 Å². The number of benzene rings is 3. The lowest BCUT2D eigenvalue weighted by Crippen LogP contribution is -2.25. The molecule has 8 heteroatoms. The highest BCUT2D eigenvalue weighted by molar-refractivity contribution is 6.31. The first-order valence-electron chi connectivity index (χ1n) is 11.8. The number of ether oxygens (including phenoxy) is 3. The van der Waals surface area contributed by atoms with Crippen molar-refractivity contribution in [3.63, 3.8) is 0 Å². The maximum absolute atomic E-state index is 13.2. The van der Waals surface area contributed by atoms with Crippen LogP contribution in [0.15, 0.2) is 60.7 Å². The Labute approximate surface area is 215 Å². The highest BCUT2D eigenvalue weighted by Crippen LogP contribution is 2.39. The molecule has 3 aromatic carbocycles. The van der Waals surface area contributed by atoms with Crippen molar-refractivity contribution in [3.8, 4) is 17.2 Å². The van der Waals surface area contributed by atoms with Crippen LogP contribution in [0.4, 0.5) is 5.69 Å². The van der Waals surface area contributed by atoms with Crippen LogP contribution in [0, 0.1) is 6.92 Å². The molecule has 0 N–H and O–H groups in total. The number of hydrogen-bond donors (Lipinski definition) is 0. The highest BCUT2D eigenvalue weighted by atomic mass is 35.5. The molecule has 2 heterocycles. The van der Waals surface area contributed by atoms with Crippen LogP contribution in [-0.4, -0.2) is 42.8 Å². The molecule has 1 amide bonds. The van der Waals surface area contributed by atoms with Gasteiger partial charge in [-0.15, -0.1) is 0 Å². The molecular weight excluding hydrogens is 478 g/mol. The number of rotatable bonds is 8. The fourth-order valence-corrected chi connectivity index (χ4v) is 4.84. The van der Waals surface area contributed by atoms with Crippen LogP contribution >= 0.6 is 11.6 Å². The molecule has 0 radical (unpaired) electrons. The molecule has 186 valence electrons. The predicted molar refractivity (Wildman–Crippen MR) is 141 cm³/mol. The van der Waals surface area contributed by atoms with Crippen molar-refractivity contribution in [2.75, 3.05) is 32.3 Å². The quantitative estimate of drug-likeness (QED) is 0.311. The van der Waals surface area contributed by atoms with E-state index in [1.54, 1.807) is 19.1 Å². The van der Waals surface area contributed by atoms with Crippen molar-refractivity contribution in [2.24, 2.45) is 0 Å². The summed E-state index contributed by atoms with van der Waals surface area (Å²) in [6.45, 7) is 3.52. The van der Waals surface area contributed by atoms with Crippen LogP contribution in [0.3, 0.4) is 0 Å². The molecule has 5 rings (SSSR count). The second kappa shape index (κ2) is 10.1. The largest absolute Gasteiger partial charge is 0.497 e. The number of halogens is 1. The van der Waals surface area contributed by atoms with Gasteiger partial charge < -0.3 is 23.7 Å².